The fraction of sp³-hybridized carbons (Fsp3) is 0.400. The van der Waals surface area contributed by atoms with Gasteiger partial charge in [-0.25, -0.2) is 4.98 Å². The molecule has 2 rings (SSSR count). The molecule has 2 N–H and O–H groups in total. The van der Waals surface area contributed by atoms with Gasteiger partial charge in [-0.05, 0) is 37.5 Å². The molecule has 0 aliphatic heterocycles. The molecule has 19 heavy (non-hydrogen) atoms. The molecule has 2 aromatic rings. The van der Waals surface area contributed by atoms with Crippen LogP contribution in [-0.2, 0) is 13.0 Å². The Kier molecular flexibility index (Phi) is 4.56. The van der Waals surface area contributed by atoms with Crippen molar-refractivity contribution in [2.45, 2.75) is 39.8 Å². The van der Waals surface area contributed by atoms with Crippen LogP contribution >= 0.6 is 11.3 Å². The molecule has 1 aromatic heterocycles. The minimum Gasteiger partial charge on any atom is -0.487 e. The molecule has 3 nitrogen and oxygen atoms in total. The fourth-order valence-electron chi connectivity index (χ4n) is 1.85. The second-order valence-corrected chi connectivity index (χ2v) is 5.63. The van der Waals surface area contributed by atoms with Gasteiger partial charge in [0.05, 0.1) is 10.7 Å². The standard InChI is InChI=1S/C15H20N2OS/c1-4-15-17-13(9-19-15)8-18-14-6-5-12(11(3)16)7-10(14)2/h5-7,9,11H,4,8,16H2,1-3H3/t11-/m0/s1. The third-order valence-electron chi connectivity index (χ3n) is 3.00. The molecule has 4 heteroatoms. The Bertz CT molecular complexity index is 549. The number of thiazole rings is 1. The molecule has 0 amide bonds. The van der Waals surface area contributed by atoms with Crippen LogP contribution in [0.25, 0.3) is 0 Å². The predicted octanol–water partition coefficient (Wildman–Crippen LogP) is 3.61. The van der Waals surface area contributed by atoms with Gasteiger partial charge in [0, 0.05) is 11.4 Å². The van der Waals surface area contributed by atoms with Gasteiger partial charge in [0.25, 0.3) is 0 Å². The highest BCUT2D eigenvalue weighted by Crippen LogP contribution is 2.23. The second kappa shape index (κ2) is 6.17. The van der Waals surface area contributed by atoms with Crippen molar-refractivity contribution in [2.75, 3.05) is 0 Å². The van der Waals surface area contributed by atoms with E-state index in [2.05, 4.69) is 23.4 Å². The maximum absolute atomic E-state index is 5.87. The van der Waals surface area contributed by atoms with Crippen molar-refractivity contribution in [3.8, 4) is 5.75 Å². The summed E-state index contributed by atoms with van der Waals surface area (Å²) in [5.74, 6) is 0.899. The Morgan fingerprint density at radius 1 is 1.42 bits per heavy atom. The lowest BCUT2D eigenvalue weighted by atomic mass is 10.1. The Balaban J connectivity index is 2.03. The number of nitrogens with zero attached hydrogens (tertiary/aromatic N) is 1. The number of nitrogens with two attached hydrogens (primary N) is 1. The van der Waals surface area contributed by atoms with E-state index < -0.39 is 0 Å². The molecule has 0 radical (unpaired) electrons. The van der Waals surface area contributed by atoms with Gasteiger partial charge in [-0.1, -0.05) is 19.1 Å². The van der Waals surface area contributed by atoms with Crippen LogP contribution in [0.4, 0.5) is 0 Å². The van der Waals surface area contributed by atoms with E-state index >= 15 is 0 Å². The molecule has 0 aliphatic rings. The fourth-order valence-corrected chi connectivity index (χ4v) is 2.58. The molecule has 102 valence electrons. The first-order chi connectivity index (χ1) is 9.10. The van der Waals surface area contributed by atoms with Gasteiger partial charge in [-0.3, -0.25) is 0 Å². The Labute approximate surface area is 118 Å². The molecule has 0 spiro atoms. The Morgan fingerprint density at radius 3 is 2.79 bits per heavy atom. The third-order valence-corrected chi connectivity index (χ3v) is 4.04. The molecule has 0 aliphatic carbocycles. The van der Waals surface area contributed by atoms with E-state index in [1.165, 1.54) is 0 Å². The van der Waals surface area contributed by atoms with Crippen LogP contribution < -0.4 is 10.5 Å². The van der Waals surface area contributed by atoms with E-state index in [0.717, 1.165) is 34.0 Å². The zero-order valence-corrected chi connectivity index (χ0v) is 12.5. The second-order valence-electron chi connectivity index (χ2n) is 4.69. The zero-order chi connectivity index (χ0) is 13.8. The topological polar surface area (TPSA) is 48.1 Å². The van der Waals surface area contributed by atoms with Crippen molar-refractivity contribution >= 4 is 11.3 Å². The van der Waals surface area contributed by atoms with Crippen LogP contribution in [0.15, 0.2) is 23.6 Å². The van der Waals surface area contributed by atoms with E-state index in [0.29, 0.717) is 6.61 Å². The van der Waals surface area contributed by atoms with Crippen LogP contribution in [0.2, 0.25) is 0 Å². The molecule has 1 atom stereocenters. The van der Waals surface area contributed by atoms with Crippen LogP contribution in [0, 0.1) is 6.92 Å². The van der Waals surface area contributed by atoms with E-state index in [1.54, 1.807) is 11.3 Å². The molecule has 0 fully saturated rings. The number of hydrogen-bond acceptors (Lipinski definition) is 4. The number of ether oxygens (including phenoxy) is 1. The molecule has 0 bridgehead atoms. The Hall–Kier alpha value is -1.39. The third kappa shape index (κ3) is 3.55. The molecule has 1 aromatic carbocycles. The van der Waals surface area contributed by atoms with E-state index in [-0.39, 0.29) is 6.04 Å². The lowest BCUT2D eigenvalue weighted by Crippen LogP contribution is -2.05. The van der Waals surface area contributed by atoms with Crippen LogP contribution in [0.5, 0.6) is 5.75 Å². The summed E-state index contributed by atoms with van der Waals surface area (Å²) in [4.78, 5) is 4.49. The van der Waals surface area contributed by atoms with Gasteiger partial charge in [0.15, 0.2) is 0 Å². The Morgan fingerprint density at radius 2 is 2.21 bits per heavy atom. The first kappa shape index (κ1) is 14.0. The highest BCUT2D eigenvalue weighted by atomic mass is 32.1. The zero-order valence-electron chi connectivity index (χ0n) is 11.6. The highest BCUT2D eigenvalue weighted by molar-refractivity contribution is 7.09. The summed E-state index contributed by atoms with van der Waals surface area (Å²) in [5, 5.41) is 3.22. The van der Waals surface area contributed by atoms with E-state index in [4.69, 9.17) is 10.5 Å². The molecular weight excluding hydrogens is 256 g/mol. The summed E-state index contributed by atoms with van der Waals surface area (Å²) in [6.45, 7) is 6.66. The van der Waals surface area contributed by atoms with E-state index in [9.17, 15) is 0 Å². The molecule has 0 unspecified atom stereocenters. The smallest absolute Gasteiger partial charge is 0.131 e. The quantitative estimate of drug-likeness (QED) is 0.907. The van der Waals surface area contributed by atoms with Gasteiger partial charge in [-0.15, -0.1) is 11.3 Å². The van der Waals surface area contributed by atoms with Crippen molar-refractivity contribution in [2.24, 2.45) is 5.73 Å². The lowest BCUT2D eigenvalue weighted by molar-refractivity contribution is 0.299. The van der Waals surface area contributed by atoms with Crippen molar-refractivity contribution in [3.63, 3.8) is 0 Å². The monoisotopic (exact) mass is 276 g/mol. The predicted molar refractivity (Wildman–Crippen MR) is 79.6 cm³/mol. The van der Waals surface area contributed by atoms with E-state index in [1.807, 2.05) is 26.0 Å². The van der Waals surface area contributed by atoms with Crippen LogP contribution in [-0.4, -0.2) is 4.98 Å². The molecular formula is C15H20N2OS. The maximum Gasteiger partial charge on any atom is 0.131 e. The van der Waals surface area contributed by atoms with Crippen molar-refractivity contribution in [1.82, 2.24) is 4.98 Å². The highest BCUT2D eigenvalue weighted by Gasteiger charge is 2.06. The number of aromatic nitrogens is 1. The minimum atomic E-state index is 0.0541. The summed E-state index contributed by atoms with van der Waals surface area (Å²) >= 11 is 1.69. The van der Waals surface area contributed by atoms with Crippen molar-refractivity contribution < 1.29 is 4.74 Å². The van der Waals surface area contributed by atoms with Gasteiger partial charge in [0.1, 0.15) is 12.4 Å². The number of aryl methyl sites for hydroxylation is 2. The van der Waals surface area contributed by atoms with Crippen LogP contribution in [0.3, 0.4) is 0 Å². The summed E-state index contributed by atoms with van der Waals surface area (Å²) in [7, 11) is 0. The summed E-state index contributed by atoms with van der Waals surface area (Å²) in [6.07, 6.45) is 0.979. The average Bonchev–Trinajstić information content (AvgIpc) is 2.85. The van der Waals surface area contributed by atoms with Crippen molar-refractivity contribution in [1.29, 1.82) is 0 Å². The molecule has 1 heterocycles. The summed E-state index contributed by atoms with van der Waals surface area (Å²) in [5.41, 5.74) is 9.11. The van der Waals surface area contributed by atoms with Gasteiger partial charge in [0.2, 0.25) is 0 Å². The number of rotatable bonds is 5. The number of hydrogen-bond donors (Lipinski definition) is 1. The van der Waals surface area contributed by atoms with Gasteiger partial charge in [-0.2, -0.15) is 0 Å². The first-order valence-corrected chi connectivity index (χ1v) is 7.40. The number of benzene rings is 1. The first-order valence-electron chi connectivity index (χ1n) is 6.52. The van der Waals surface area contributed by atoms with Crippen LogP contribution in [0.1, 0.15) is 41.7 Å². The largest absolute Gasteiger partial charge is 0.487 e. The lowest BCUT2D eigenvalue weighted by Gasteiger charge is -2.11. The average molecular weight is 276 g/mol. The van der Waals surface area contributed by atoms with Gasteiger partial charge >= 0.3 is 0 Å². The normalized spacial score (nSPS) is 12.4. The minimum absolute atomic E-state index is 0.0541. The maximum atomic E-state index is 5.87. The van der Waals surface area contributed by atoms with Gasteiger partial charge < -0.3 is 10.5 Å². The SMILES string of the molecule is CCc1nc(COc2ccc([C@H](C)N)cc2C)cs1. The summed E-state index contributed by atoms with van der Waals surface area (Å²) in [6, 6.07) is 6.14. The van der Waals surface area contributed by atoms with Crippen molar-refractivity contribution in [3.05, 3.63) is 45.4 Å². The molecule has 0 saturated carbocycles. The molecule has 0 saturated heterocycles. The summed E-state index contributed by atoms with van der Waals surface area (Å²) < 4.78 is 5.82.